The van der Waals surface area contributed by atoms with Crippen LogP contribution in [-0.4, -0.2) is 94.0 Å². The standard InChI is InChI=1S/C54H52N4O6/c1-5-29-27-57-19-17-31(29)21-47(57)51(59)41-25-45(55-43-15-11-33(63-3)23-39(41)43)37-13-14-38(50-49(37)53(61)35-9-7-8-10-36(35)54(50)62)46-26-42(40-24-34(64-4)12-16-44(40)56-46)52(60)48-22-32-18-20-58(48)28-30(32)6-2/h5-16,23-26,29-32,47-48,51-52,59-60H,1-2,17-22,27-28H2,3-4H3/t29?,30?,31-,32-,47?,48?,51-,52-/m0/s1. The molecule has 6 fully saturated rings. The van der Waals surface area contributed by atoms with Crippen LogP contribution in [0.15, 0.2) is 110 Å². The van der Waals surface area contributed by atoms with Gasteiger partial charge in [0, 0.05) is 69.3 Å². The number of ether oxygens (including phenoxy) is 2. The highest BCUT2D eigenvalue weighted by molar-refractivity contribution is 6.32. The van der Waals surface area contributed by atoms with Crippen molar-refractivity contribution in [3.8, 4) is 34.0 Å². The largest absolute Gasteiger partial charge is 0.497 e. The van der Waals surface area contributed by atoms with Gasteiger partial charge in [-0.25, -0.2) is 9.97 Å². The number of rotatable bonds is 10. The summed E-state index contributed by atoms with van der Waals surface area (Å²) in [6, 6.07) is 25.5. The Morgan fingerprint density at radius 2 is 1.06 bits per heavy atom. The second-order valence-electron chi connectivity index (χ2n) is 18.5. The van der Waals surface area contributed by atoms with Crippen LogP contribution in [0.4, 0.5) is 0 Å². The molecule has 10 atom stereocenters. The number of carbonyl (C=O) groups excluding carboxylic acids is 2. The van der Waals surface area contributed by atoms with Crippen LogP contribution < -0.4 is 9.47 Å². The van der Waals surface area contributed by atoms with Crippen LogP contribution in [0, 0.1) is 23.7 Å². The number of ketones is 2. The topological polar surface area (TPSA) is 125 Å². The Labute approximate surface area is 372 Å². The molecular formula is C54H52N4O6. The summed E-state index contributed by atoms with van der Waals surface area (Å²) in [5.41, 5.74) is 5.70. The van der Waals surface area contributed by atoms with Gasteiger partial charge in [-0.15, -0.1) is 13.2 Å². The SMILES string of the molecule is C=CC1CN2CC[C@H]1CC2[C@@H](O)c1cc(-c2ccc(-c3cc([C@H](O)C4C[C@@H]5CCN4CC5C=C)c4cc(OC)ccc4n3)c3c2C(=O)c2ccccc2C3=O)nc2ccc(OC)cc12. The highest BCUT2D eigenvalue weighted by atomic mass is 16.5. The molecule has 7 aliphatic rings. The third-order valence-corrected chi connectivity index (χ3v) is 15.4. The summed E-state index contributed by atoms with van der Waals surface area (Å²) >= 11 is 0. The number of piperidine rings is 6. The number of fused-ring (bicyclic) bond motifs is 10. The molecule has 1 aliphatic carbocycles. The molecule has 0 saturated carbocycles. The molecule has 13 rings (SSSR count). The van der Waals surface area contributed by atoms with Crippen molar-refractivity contribution in [3.05, 3.63) is 144 Å². The van der Waals surface area contributed by atoms with Crippen LogP contribution in [0.1, 0.15) is 80.9 Å². The number of methoxy groups -OCH3 is 2. The zero-order valence-electron chi connectivity index (χ0n) is 36.2. The third kappa shape index (κ3) is 6.44. The van der Waals surface area contributed by atoms with Gasteiger partial charge in [0.2, 0.25) is 0 Å². The molecule has 6 saturated heterocycles. The minimum absolute atomic E-state index is 0.113. The van der Waals surface area contributed by atoms with Gasteiger partial charge in [-0.05, 0) is 122 Å². The molecule has 10 nitrogen and oxygen atoms in total. The first-order valence-electron chi connectivity index (χ1n) is 22.6. The van der Waals surface area contributed by atoms with Gasteiger partial charge >= 0.3 is 0 Å². The van der Waals surface area contributed by atoms with E-state index in [-0.39, 0.29) is 34.8 Å². The monoisotopic (exact) mass is 852 g/mol. The number of nitrogens with zero attached hydrogens (tertiary/aromatic N) is 4. The van der Waals surface area contributed by atoms with Crippen molar-refractivity contribution in [1.29, 1.82) is 0 Å². The Bertz CT molecular complexity index is 2730. The van der Waals surface area contributed by atoms with Crippen LogP contribution in [0.5, 0.6) is 11.5 Å². The van der Waals surface area contributed by atoms with Crippen LogP contribution in [0.25, 0.3) is 44.3 Å². The summed E-state index contributed by atoms with van der Waals surface area (Å²) < 4.78 is 11.3. The summed E-state index contributed by atoms with van der Waals surface area (Å²) in [6.07, 6.45) is 6.21. The fourth-order valence-electron chi connectivity index (χ4n) is 12.0. The van der Waals surface area contributed by atoms with E-state index in [0.717, 1.165) is 62.6 Å². The predicted molar refractivity (Wildman–Crippen MR) is 248 cm³/mol. The predicted octanol–water partition coefficient (Wildman–Crippen LogP) is 8.77. The molecule has 6 aliphatic heterocycles. The maximum absolute atomic E-state index is 15.0. The molecule has 4 bridgehead atoms. The fourth-order valence-corrected chi connectivity index (χ4v) is 12.0. The number of aromatic nitrogens is 2. The molecule has 2 N–H and O–H groups in total. The molecule has 0 radical (unpaired) electrons. The van der Waals surface area contributed by atoms with E-state index >= 15 is 9.59 Å². The van der Waals surface area contributed by atoms with Gasteiger partial charge in [-0.1, -0.05) is 48.6 Å². The molecule has 6 unspecified atom stereocenters. The summed E-state index contributed by atoms with van der Waals surface area (Å²) in [5, 5.41) is 26.4. The first-order valence-corrected chi connectivity index (χ1v) is 22.6. The summed E-state index contributed by atoms with van der Waals surface area (Å²) in [5.74, 6) is 2.38. The van der Waals surface area contributed by atoms with Crippen LogP contribution >= 0.6 is 0 Å². The Balaban J connectivity index is 1.09. The maximum Gasteiger partial charge on any atom is 0.195 e. The molecule has 0 spiro atoms. The Morgan fingerprint density at radius 1 is 0.625 bits per heavy atom. The van der Waals surface area contributed by atoms with Crippen LogP contribution in [0.2, 0.25) is 0 Å². The molecular weight excluding hydrogens is 801 g/mol. The summed E-state index contributed by atoms with van der Waals surface area (Å²) in [6.45, 7) is 11.7. The number of aliphatic hydroxyl groups excluding tert-OH is 2. The normalized spacial score (nSPS) is 26.6. The van der Waals surface area contributed by atoms with Gasteiger partial charge in [0.05, 0.1) is 48.8 Å². The molecule has 4 aromatic carbocycles. The van der Waals surface area contributed by atoms with Crippen molar-refractivity contribution in [1.82, 2.24) is 19.8 Å². The number of carbonyl (C=O) groups is 2. The average Bonchev–Trinajstić information content (AvgIpc) is 3.36. The van der Waals surface area contributed by atoms with Gasteiger partial charge < -0.3 is 19.7 Å². The Kier molecular flexibility index (Phi) is 10.1. The molecule has 324 valence electrons. The molecule has 10 heteroatoms. The van der Waals surface area contributed by atoms with Crippen LogP contribution in [-0.2, 0) is 0 Å². The molecule has 6 aromatic rings. The minimum Gasteiger partial charge on any atom is -0.497 e. The minimum atomic E-state index is -0.860. The van der Waals surface area contributed by atoms with E-state index in [1.54, 1.807) is 38.5 Å². The lowest BCUT2D eigenvalue weighted by Gasteiger charge is -2.50. The fraction of sp³-hybridized carbons (Fsp3) is 0.333. The smallest absolute Gasteiger partial charge is 0.195 e. The second-order valence-corrected chi connectivity index (χ2v) is 18.5. The van der Waals surface area contributed by atoms with E-state index in [9.17, 15) is 10.2 Å². The van der Waals surface area contributed by atoms with E-state index in [0.29, 0.717) is 91.0 Å². The van der Waals surface area contributed by atoms with E-state index in [2.05, 4.69) is 35.1 Å². The van der Waals surface area contributed by atoms with E-state index in [1.165, 1.54) is 0 Å². The molecule has 8 heterocycles. The number of pyridine rings is 2. The van der Waals surface area contributed by atoms with Gasteiger partial charge in [0.15, 0.2) is 11.6 Å². The maximum atomic E-state index is 15.0. The van der Waals surface area contributed by atoms with Crippen molar-refractivity contribution in [2.75, 3.05) is 40.4 Å². The van der Waals surface area contributed by atoms with Gasteiger partial charge in [0.1, 0.15) is 11.5 Å². The van der Waals surface area contributed by atoms with Gasteiger partial charge in [-0.3, -0.25) is 19.4 Å². The van der Waals surface area contributed by atoms with Crippen molar-refractivity contribution < 1.29 is 29.3 Å². The zero-order chi connectivity index (χ0) is 44.0. The van der Waals surface area contributed by atoms with E-state index < -0.39 is 12.2 Å². The molecule has 0 amide bonds. The van der Waals surface area contributed by atoms with Gasteiger partial charge in [0.25, 0.3) is 0 Å². The zero-order valence-corrected chi connectivity index (χ0v) is 36.2. The molecule has 64 heavy (non-hydrogen) atoms. The lowest BCUT2D eigenvalue weighted by Crippen LogP contribution is -2.54. The van der Waals surface area contributed by atoms with Crippen molar-refractivity contribution in [2.24, 2.45) is 23.7 Å². The van der Waals surface area contributed by atoms with Gasteiger partial charge in [-0.2, -0.15) is 0 Å². The number of hydrogen-bond acceptors (Lipinski definition) is 10. The number of hydrogen-bond donors (Lipinski definition) is 2. The third-order valence-electron chi connectivity index (χ3n) is 15.4. The highest BCUT2D eigenvalue weighted by Crippen LogP contribution is 2.47. The summed E-state index contributed by atoms with van der Waals surface area (Å²) in [7, 11) is 3.24. The Morgan fingerprint density at radius 3 is 1.44 bits per heavy atom. The van der Waals surface area contributed by atoms with E-state index in [4.69, 9.17) is 19.4 Å². The molecule has 2 aromatic heterocycles. The highest BCUT2D eigenvalue weighted by Gasteiger charge is 2.44. The van der Waals surface area contributed by atoms with Crippen LogP contribution in [0.3, 0.4) is 0 Å². The number of benzene rings is 4. The second kappa shape index (κ2) is 15.9. The first kappa shape index (κ1) is 40.7. The summed E-state index contributed by atoms with van der Waals surface area (Å²) in [4.78, 5) is 45.1. The average molecular weight is 853 g/mol. The lowest BCUT2D eigenvalue weighted by molar-refractivity contribution is -0.0445. The lowest BCUT2D eigenvalue weighted by atomic mass is 9.73. The quantitative estimate of drug-likeness (QED) is 0.129. The van der Waals surface area contributed by atoms with E-state index in [1.807, 2.05) is 60.7 Å². The van der Waals surface area contributed by atoms with Crippen molar-refractivity contribution in [2.45, 2.75) is 50.0 Å². The first-order chi connectivity index (χ1) is 31.2. The Hall–Kier alpha value is -6.04. The van der Waals surface area contributed by atoms with Crippen molar-refractivity contribution >= 4 is 33.4 Å². The number of aliphatic hydroxyl groups is 2. The van der Waals surface area contributed by atoms with Crippen molar-refractivity contribution in [3.63, 3.8) is 0 Å².